The zero-order chi connectivity index (χ0) is 23.1. The molecule has 4 aromatic heterocycles. The smallest absolute Gasteiger partial charge is 0.145 e. The zero-order valence-corrected chi connectivity index (χ0v) is 20.0. The highest BCUT2D eigenvalue weighted by Gasteiger charge is 2.16. The van der Waals surface area contributed by atoms with Crippen molar-refractivity contribution in [3.8, 4) is 11.1 Å². The highest BCUT2D eigenvalue weighted by molar-refractivity contribution is 7.25. The summed E-state index contributed by atoms with van der Waals surface area (Å²) >= 11 is 1.84. The molecule has 0 fully saturated rings. The van der Waals surface area contributed by atoms with Gasteiger partial charge in [-0.25, -0.2) is 4.98 Å². The Bertz CT molecular complexity index is 2110. The van der Waals surface area contributed by atoms with E-state index in [0.717, 1.165) is 12.2 Å². The zero-order valence-electron chi connectivity index (χ0n) is 19.2. The van der Waals surface area contributed by atoms with E-state index < -0.39 is 0 Å². The standard InChI is InChI=1S/C31H21N3S/c1-2-33-26-9-5-3-7-21(26)24-17-20(12-14-27(24)33)19-11-13-22-25(18-19)29-23-8-4-6-10-28(23)35-31(29)34-16-15-32-30(22)34/h3-18H,2H2,1H3. The van der Waals surface area contributed by atoms with Crippen molar-refractivity contribution in [1.82, 2.24) is 14.0 Å². The minimum atomic E-state index is 0.961. The summed E-state index contributed by atoms with van der Waals surface area (Å²) in [6, 6.07) is 31.2. The predicted octanol–water partition coefficient (Wildman–Crippen LogP) is 8.65. The number of para-hydroxylation sites is 1. The van der Waals surface area contributed by atoms with Crippen LogP contribution in [0.2, 0.25) is 0 Å². The maximum absolute atomic E-state index is 4.72. The van der Waals surface area contributed by atoms with Gasteiger partial charge < -0.3 is 4.57 Å². The van der Waals surface area contributed by atoms with Crippen LogP contribution in [0, 0.1) is 0 Å². The molecule has 0 saturated heterocycles. The van der Waals surface area contributed by atoms with E-state index in [9.17, 15) is 0 Å². The van der Waals surface area contributed by atoms with Gasteiger partial charge in [-0.15, -0.1) is 11.3 Å². The fraction of sp³-hybridized carbons (Fsp3) is 0.0645. The molecule has 0 amide bonds. The van der Waals surface area contributed by atoms with Gasteiger partial charge in [0.15, 0.2) is 0 Å². The van der Waals surface area contributed by atoms with E-state index in [2.05, 4.69) is 107 Å². The molecule has 0 spiro atoms. The summed E-state index contributed by atoms with van der Waals surface area (Å²) in [7, 11) is 0. The summed E-state index contributed by atoms with van der Waals surface area (Å²) in [5.74, 6) is 0. The Labute approximate surface area is 205 Å². The highest BCUT2D eigenvalue weighted by Crippen LogP contribution is 2.41. The molecule has 3 nitrogen and oxygen atoms in total. The topological polar surface area (TPSA) is 22.2 Å². The fourth-order valence-corrected chi connectivity index (χ4v) is 7.03. The Morgan fingerprint density at radius 2 is 1.46 bits per heavy atom. The number of pyridine rings is 1. The maximum Gasteiger partial charge on any atom is 0.145 e. The van der Waals surface area contributed by atoms with Crippen LogP contribution >= 0.6 is 11.3 Å². The predicted molar refractivity (Wildman–Crippen MR) is 150 cm³/mol. The molecule has 0 aliphatic rings. The first-order valence-electron chi connectivity index (χ1n) is 12.0. The van der Waals surface area contributed by atoms with Crippen LogP contribution in [0.15, 0.2) is 97.3 Å². The molecule has 0 aliphatic heterocycles. The van der Waals surface area contributed by atoms with Crippen molar-refractivity contribution in [3.63, 3.8) is 0 Å². The molecule has 0 saturated carbocycles. The van der Waals surface area contributed by atoms with Crippen molar-refractivity contribution in [2.75, 3.05) is 0 Å². The van der Waals surface area contributed by atoms with Gasteiger partial charge in [-0.3, -0.25) is 4.40 Å². The van der Waals surface area contributed by atoms with Crippen LogP contribution in [-0.2, 0) is 6.54 Å². The summed E-state index contributed by atoms with van der Waals surface area (Å²) in [5.41, 5.74) is 6.10. The number of hydrogen-bond donors (Lipinski definition) is 0. The van der Waals surface area contributed by atoms with E-state index in [4.69, 9.17) is 4.98 Å². The van der Waals surface area contributed by atoms with Crippen LogP contribution in [-0.4, -0.2) is 14.0 Å². The summed E-state index contributed by atoms with van der Waals surface area (Å²) in [4.78, 5) is 5.98. The van der Waals surface area contributed by atoms with Crippen LogP contribution < -0.4 is 0 Å². The van der Waals surface area contributed by atoms with Gasteiger partial charge in [-0.1, -0.05) is 48.5 Å². The Balaban J connectivity index is 1.46. The van der Waals surface area contributed by atoms with Crippen LogP contribution in [0.4, 0.5) is 0 Å². The van der Waals surface area contributed by atoms with Gasteiger partial charge in [-0.2, -0.15) is 0 Å². The van der Waals surface area contributed by atoms with Crippen LogP contribution in [0.3, 0.4) is 0 Å². The average Bonchev–Trinajstić information content (AvgIpc) is 3.62. The molecule has 8 rings (SSSR count). The van der Waals surface area contributed by atoms with Crippen molar-refractivity contribution in [3.05, 3.63) is 97.3 Å². The molecular weight excluding hydrogens is 446 g/mol. The van der Waals surface area contributed by atoms with E-state index in [1.165, 1.54) is 64.0 Å². The van der Waals surface area contributed by atoms with Crippen LogP contribution in [0.1, 0.15) is 6.92 Å². The van der Waals surface area contributed by atoms with Crippen molar-refractivity contribution in [1.29, 1.82) is 0 Å². The lowest BCUT2D eigenvalue weighted by Crippen LogP contribution is -1.92. The molecule has 0 N–H and O–H groups in total. The average molecular weight is 468 g/mol. The fourth-order valence-electron chi connectivity index (χ4n) is 5.83. The van der Waals surface area contributed by atoms with Crippen LogP contribution in [0.5, 0.6) is 0 Å². The third kappa shape index (κ3) is 2.52. The SMILES string of the molecule is CCn1c2ccccc2c2cc(-c3ccc4c(c3)c3c5ccccc5sc3n3ccnc43)ccc21. The second-order valence-electron chi connectivity index (χ2n) is 9.15. The molecule has 4 heteroatoms. The van der Waals surface area contributed by atoms with Gasteiger partial charge in [0.1, 0.15) is 10.5 Å². The van der Waals surface area contributed by atoms with Gasteiger partial charge in [0.05, 0.1) is 0 Å². The molecule has 0 aliphatic carbocycles. The van der Waals surface area contributed by atoms with Gasteiger partial charge in [0, 0.05) is 61.6 Å². The van der Waals surface area contributed by atoms with E-state index in [1.54, 1.807) is 0 Å². The molecule has 0 radical (unpaired) electrons. The van der Waals surface area contributed by atoms with E-state index in [-0.39, 0.29) is 0 Å². The number of aryl methyl sites for hydroxylation is 1. The number of aromatic nitrogens is 3. The molecule has 4 heterocycles. The van der Waals surface area contributed by atoms with Gasteiger partial charge in [0.25, 0.3) is 0 Å². The van der Waals surface area contributed by atoms with Crippen molar-refractivity contribution in [2.24, 2.45) is 0 Å². The molecular formula is C31H21N3S. The van der Waals surface area contributed by atoms with E-state index in [1.807, 2.05) is 17.5 Å². The molecule has 166 valence electrons. The maximum atomic E-state index is 4.72. The number of fused-ring (bicyclic) bond motifs is 11. The first-order valence-corrected chi connectivity index (χ1v) is 12.8. The lowest BCUT2D eigenvalue weighted by Gasteiger charge is -2.09. The lowest BCUT2D eigenvalue weighted by atomic mass is 9.98. The first-order chi connectivity index (χ1) is 17.3. The second kappa shape index (κ2) is 6.94. The Morgan fingerprint density at radius 3 is 2.34 bits per heavy atom. The summed E-state index contributed by atoms with van der Waals surface area (Å²) in [6.07, 6.45) is 3.99. The lowest BCUT2D eigenvalue weighted by molar-refractivity contribution is 0.827. The van der Waals surface area contributed by atoms with Crippen LogP contribution in [0.25, 0.3) is 69.7 Å². The molecule has 0 bridgehead atoms. The number of benzene rings is 4. The molecule has 8 aromatic rings. The summed E-state index contributed by atoms with van der Waals surface area (Å²) in [5, 5.41) is 7.72. The summed E-state index contributed by atoms with van der Waals surface area (Å²) < 4.78 is 5.96. The Kier molecular flexibility index (Phi) is 3.80. The third-order valence-electron chi connectivity index (χ3n) is 7.39. The molecule has 4 aromatic carbocycles. The van der Waals surface area contributed by atoms with Crippen molar-refractivity contribution >= 4 is 69.9 Å². The molecule has 0 unspecified atom stereocenters. The van der Waals surface area contributed by atoms with Gasteiger partial charge >= 0.3 is 0 Å². The number of imidazole rings is 1. The first kappa shape index (κ1) is 19.2. The monoisotopic (exact) mass is 467 g/mol. The minimum absolute atomic E-state index is 0.961. The van der Waals surface area contributed by atoms with Crippen molar-refractivity contribution in [2.45, 2.75) is 13.5 Å². The molecule has 35 heavy (non-hydrogen) atoms. The van der Waals surface area contributed by atoms with Gasteiger partial charge in [0.2, 0.25) is 0 Å². The molecule has 0 atom stereocenters. The number of thiophene rings is 1. The highest BCUT2D eigenvalue weighted by atomic mass is 32.1. The number of nitrogens with zero attached hydrogens (tertiary/aromatic N) is 3. The van der Waals surface area contributed by atoms with Crippen molar-refractivity contribution < 1.29 is 0 Å². The normalized spacial score (nSPS) is 12.3. The minimum Gasteiger partial charge on any atom is -0.341 e. The largest absolute Gasteiger partial charge is 0.341 e. The second-order valence-corrected chi connectivity index (χ2v) is 10.2. The summed E-state index contributed by atoms with van der Waals surface area (Å²) in [6.45, 7) is 3.18. The Hall–Kier alpha value is -4.15. The van der Waals surface area contributed by atoms with E-state index >= 15 is 0 Å². The Morgan fingerprint density at radius 1 is 0.714 bits per heavy atom. The van der Waals surface area contributed by atoms with E-state index in [0.29, 0.717) is 0 Å². The number of hydrogen-bond acceptors (Lipinski definition) is 2. The van der Waals surface area contributed by atoms with Gasteiger partial charge in [-0.05, 0) is 59.8 Å². The quantitative estimate of drug-likeness (QED) is 0.249. The number of rotatable bonds is 2. The third-order valence-corrected chi connectivity index (χ3v) is 8.56.